The summed E-state index contributed by atoms with van der Waals surface area (Å²) >= 11 is 0. The van der Waals surface area contributed by atoms with E-state index < -0.39 is 6.03 Å². The summed E-state index contributed by atoms with van der Waals surface area (Å²) < 4.78 is 5.47. The maximum atomic E-state index is 11.9. The van der Waals surface area contributed by atoms with Crippen LogP contribution in [0.2, 0.25) is 0 Å². The first kappa shape index (κ1) is 17.3. The van der Waals surface area contributed by atoms with Gasteiger partial charge in [-0.3, -0.25) is 4.79 Å². The van der Waals surface area contributed by atoms with E-state index in [4.69, 9.17) is 10.5 Å². The second-order valence-electron chi connectivity index (χ2n) is 5.63. The summed E-state index contributed by atoms with van der Waals surface area (Å²) in [7, 11) is 0. The van der Waals surface area contributed by atoms with E-state index in [1.807, 2.05) is 24.3 Å². The van der Waals surface area contributed by atoms with Gasteiger partial charge in [0, 0.05) is 11.4 Å². The number of ether oxygens (including phenoxy) is 1. The number of rotatable bonds is 6. The molecule has 24 heavy (non-hydrogen) atoms. The molecule has 0 aliphatic heterocycles. The molecule has 0 spiro atoms. The molecule has 0 saturated carbocycles. The minimum absolute atomic E-state index is 0.0810. The summed E-state index contributed by atoms with van der Waals surface area (Å²) in [5.74, 6) is 0.837. The number of carbonyl (C=O) groups excluding carboxylic acids is 2. The SMILES string of the molecule is CC(C)c1ccc(OCC(=O)Nc2ccc(NC(N)=O)cc2)cc1. The molecule has 0 aromatic heterocycles. The van der Waals surface area contributed by atoms with Crippen molar-refractivity contribution >= 4 is 23.3 Å². The van der Waals surface area contributed by atoms with E-state index in [0.29, 0.717) is 23.0 Å². The Kier molecular flexibility index (Phi) is 5.78. The Balaban J connectivity index is 1.83. The number of benzene rings is 2. The number of carbonyl (C=O) groups is 2. The number of hydrogen-bond donors (Lipinski definition) is 3. The van der Waals surface area contributed by atoms with Crippen LogP contribution in [0.4, 0.5) is 16.2 Å². The third-order valence-electron chi connectivity index (χ3n) is 3.35. The first-order chi connectivity index (χ1) is 11.4. The third-order valence-corrected chi connectivity index (χ3v) is 3.35. The average molecular weight is 327 g/mol. The largest absolute Gasteiger partial charge is 0.484 e. The van der Waals surface area contributed by atoms with Crippen LogP contribution in [0.15, 0.2) is 48.5 Å². The predicted octanol–water partition coefficient (Wildman–Crippen LogP) is 3.32. The highest BCUT2D eigenvalue weighted by Crippen LogP contribution is 2.18. The lowest BCUT2D eigenvalue weighted by Crippen LogP contribution is -2.20. The van der Waals surface area contributed by atoms with Crippen LogP contribution in [0.25, 0.3) is 0 Å². The second kappa shape index (κ2) is 8.01. The number of nitrogens with two attached hydrogens (primary N) is 1. The highest BCUT2D eigenvalue weighted by molar-refractivity contribution is 5.92. The molecular formula is C18H21N3O3. The first-order valence-corrected chi connectivity index (χ1v) is 7.63. The van der Waals surface area contributed by atoms with Gasteiger partial charge in [-0.25, -0.2) is 4.79 Å². The van der Waals surface area contributed by atoms with E-state index in [1.165, 1.54) is 5.56 Å². The molecule has 6 nitrogen and oxygen atoms in total. The normalized spacial score (nSPS) is 10.3. The van der Waals surface area contributed by atoms with E-state index in [1.54, 1.807) is 24.3 Å². The van der Waals surface area contributed by atoms with Crippen molar-refractivity contribution in [1.82, 2.24) is 0 Å². The van der Waals surface area contributed by atoms with Crippen molar-refractivity contribution in [3.05, 3.63) is 54.1 Å². The summed E-state index contributed by atoms with van der Waals surface area (Å²) in [4.78, 5) is 22.6. The van der Waals surface area contributed by atoms with Crippen LogP contribution in [-0.2, 0) is 4.79 Å². The molecule has 0 aliphatic rings. The number of urea groups is 1. The van der Waals surface area contributed by atoms with Gasteiger partial charge in [0.25, 0.3) is 5.91 Å². The predicted molar refractivity (Wildman–Crippen MR) is 94.3 cm³/mol. The average Bonchev–Trinajstić information content (AvgIpc) is 2.54. The van der Waals surface area contributed by atoms with Gasteiger partial charge >= 0.3 is 6.03 Å². The van der Waals surface area contributed by atoms with Gasteiger partial charge in [0.2, 0.25) is 0 Å². The van der Waals surface area contributed by atoms with Crippen LogP contribution in [0.5, 0.6) is 5.75 Å². The summed E-state index contributed by atoms with van der Waals surface area (Å²) in [5, 5.41) is 5.16. The van der Waals surface area contributed by atoms with Gasteiger partial charge < -0.3 is 21.1 Å². The zero-order valence-corrected chi connectivity index (χ0v) is 13.7. The highest BCUT2D eigenvalue weighted by Gasteiger charge is 2.05. The van der Waals surface area contributed by atoms with Crippen molar-refractivity contribution in [1.29, 1.82) is 0 Å². The fraction of sp³-hybridized carbons (Fsp3) is 0.222. The Morgan fingerprint density at radius 2 is 1.50 bits per heavy atom. The minimum atomic E-state index is -0.635. The van der Waals surface area contributed by atoms with Crippen molar-refractivity contribution < 1.29 is 14.3 Å². The summed E-state index contributed by atoms with van der Waals surface area (Å²) in [5.41, 5.74) is 7.41. The van der Waals surface area contributed by atoms with E-state index >= 15 is 0 Å². The number of primary amides is 1. The zero-order chi connectivity index (χ0) is 17.5. The van der Waals surface area contributed by atoms with E-state index in [2.05, 4.69) is 24.5 Å². The van der Waals surface area contributed by atoms with Crippen molar-refractivity contribution in [2.75, 3.05) is 17.2 Å². The van der Waals surface area contributed by atoms with Crippen LogP contribution >= 0.6 is 0 Å². The quantitative estimate of drug-likeness (QED) is 0.759. The first-order valence-electron chi connectivity index (χ1n) is 7.63. The van der Waals surface area contributed by atoms with Crippen molar-refractivity contribution in [3.8, 4) is 5.75 Å². The molecule has 3 amide bonds. The van der Waals surface area contributed by atoms with Crippen molar-refractivity contribution in [2.45, 2.75) is 19.8 Å². The topological polar surface area (TPSA) is 93.4 Å². The van der Waals surface area contributed by atoms with Gasteiger partial charge in [-0.1, -0.05) is 26.0 Å². The standard InChI is InChI=1S/C18H21N3O3/c1-12(2)13-3-9-16(10-4-13)24-11-17(22)20-14-5-7-15(8-6-14)21-18(19)23/h3-10,12H,11H2,1-2H3,(H,20,22)(H3,19,21,23). The number of hydrogen-bond acceptors (Lipinski definition) is 3. The molecule has 2 aromatic rings. The maximum absolute atomic E-state index is 11.9. The Morgan fingerprint density at radius 1 is 0.958 bits per heavy atom. The van der Waals surface area contributed by atoms with Crippen LogP contribution < -0.4 is 21.1 Å². The number of anilines is 2. The molecule has 0 radical (unpaired) electrons. The zero-order valence-electron chi connectivity index (χ0n) is 13.7. The Hall–Kier alpha value is -3.02. The van der Waals surface area contributed by atoms with E-state index in [-0.39, 0.29) is 12.5 Å². The number of amides is 3. The van der Waals surface area contributed by atoms with E-state index in [0.717, 1.165) is 0 Å². The van der Waals surface area contributed by atoms with E-state index in [9.17, 15) is 9.59 Å². The Labute approximate surface area is 141 Å². The molecule has 4 N–H and O–H groups in total. The van der Waals surface area contributed by atoms with Crippen LogP contribution in [0, 0.1) is 0 Å². The molecule has 2 rings (SSSR count). The molecule has 0 atom stereocenters. The molecule has 6 heteroatoms. The van der Waals surface area contributed by atoms with Gasteiger partial charge in [0.1, 0.15) is 5.75 Å². The number of nitrogens with one attached hydrogen (secondary N) is 2. The molecule has 0 unspecified atom stereocenters. The van der Waals surface area contributed by atoms with Crippen molar-refractivity contribution in [2.24, 2.45) is 5.73 Å². The molecule has 0 aliphatic carbocycles. The highest BCUT2D eigenvalue weighted by atomic mass is 16.5. The minimum Gasteiger partial charge on any atom is -0.484 e. The lowest BCUT2D eigenvalue weighted by molar-refractivity contribution is -0.118. The lowest BCUT2D eigenvalue weighted by atomic mass is 10.0. The Bertz CT molecular complexity index is 694. The molecule has 0 saturated heterocycles. The Morgan fingerprint density at radius 3 is 2.00 bits per heavy atom. The van der Waals surface area contributed by atoms with Crippen LogP contribution in [0.1, 0.15) is 25.3 Å². The molecule has 2 aromatic carbocycles. The maximum Gasteiger partial charge on any atom is 0.316 e. The van der Waals surface area contributed by atoms with Crippen LogP contribution in [0.3, 0.4) is 0 Å². The molecule has 0 heterocycles. The van der Waals surface area contributed by atoms with Gasteiger partial charge in [0.15, 0.2) is 6.61 Å². The monoisotopic (exact) mass is 327 g/mol. The fourth-order valence-electron chi connectivity index (χ4n) is 2.07. The summed E-state index contributed by atoms with van der Waals surface area (Å²) in [6.45, 7) is 4.16. The van der Waals surface area contributed by atoms with Crippen LogP contribution in [-0.4, -0.2) is 18.5 Å². The second-order valence-corrected chi connectivity index (χ2v) is 5.63. The van der Waals surface area contributed by atoms with Gasteiger partial charge in [-0.15, -0.1) is 0 Å². The molecule has 0 fully saturated rings. The summed E-state index contributed by atoms with van der Waals surface area (Å²) in [6.07, 6.45) is 0. The third kappa shape index (κ3) is 5.31. The van der Waals surface area contributed by atoms with Crippen molar-refractivity contribution in [3.63, 3.8) is 0 Å². The smallest absolute Gasteiger partial charge is 0.316 e. The molecule has 0 bridgehead atoms. The van der Waals surface area contributed by atoms with Gasteiger partial charge in [-0.2, -0.15) is 0 Å². The van der Waals surface area contributed by atoms with Gasteiger partial charge in [-0.05, 0) is 47.9 Å². The fourth-order valence-corrected chi connectivity index (χ4v) is 2.07. The summed E-state index contributed by atoms with van der Waals surface area (Å²) in [6, 6.07) is 13.7. The lowest BCUT2D eigenvalue weighted by Gasteiger charge is -2.10. The molecule has 126 valence electrons. The van der Waals surface area contributed by atoms with Gasteiger partial charge in [0.05, 0.1) is 0 Å². The molecular weight excluding hydrogens is 306 g/mol.